The Morgan fingerprint density at radius 3 is 2.48 bits per heavy atom. The molecular weight excluding hydrogens is 293 g/mol. The van der Waals surface area contributed by atoms with Gasteiger partial charge in [-0.15, -0.1) is 0 Å². The van der Waals surface area contributed by atoms with Gasteiger partial charge >= 0.3 is 0 Å². The molecule has 0 atom stereocenters. The molecule has 2 rings (SSSR count). The Kier molecular flexibility index (Phi) is 5.69. The Bertz CT molecular complexity index is 592. The number of halogens is 2. The maximum Gasteiger partial charge on any atom is 0.161 e. The van der Waals surface area contributed by atoms with Gasteiger partial charge in [-0.05, 0) is 37.3 Å². The molecule has 0 aromatic heterocycles. The number of rotatable bonds is 7. The van der Waals surface area contributed by atoms with Gasteiger partial charge < -0.3 is 14.8 Å². The number of nitrogens with one attached hydrogen (secondary N) is 1. The first-order valence-corrected chi connectivity index (χ1v) is 7.12. The van der Waals surface area contributed by atoms with Crippen LogP contribution in [-0.4, -0.2) is 19.8 Å². The van der Waals surface area contributed by atoms with Crippen LogP contribution in [-0.2, 0) is 0 Å². The smallest absolute Gasteiger partial charge is 0.161 e. The summed E-state index contributed by atoms with van der Waals surface area (Å²) in [6.45, 7) is 3.36. The first kappa shape index (κ1) is 15.4. The van der Waals surface area contributed by atoms with Crippen molar-refractivity contribution in [3.8, 4) is 11.5 Å². The van der Waals surface area contributed by atoms with Gasteiger partial charge in [0, 0.05) is 11.6 Å². The third kappa shape index (κ3) is 4.53. The van der Waals surface area contributed by atoms with Crippen LogP contribution in [0.1, 0.15) is 6.92 Å². The van der Waals surface area contributed by atoms with Crippen molar-refractivity contribution < 1.29 is 13.9 Å². The van der Waals surface area contributed by atoms with Gasteiger partial charge in [-0.25, -0.2) is 4.39 Å². The summed E-state index contributed by atoms with van der Waals surface area (Å²) in [5, 5.41) is 3.34. The highest BCUT2D eigenvalue weighted by atomic mass is 35.5. The molecule has 5 heteroatoms. The van der Waals surface area contributed by atoms with Crippen LogP contribution in [0.25, 0.3) is 0 Å². The van der Waals surface area contributed by atoms with Crippen LogP contribution in [0, 0.1) is 5.82 Å². The molecule has 0 saturated carbocycles. The molecule has 0 radical (unpaired) electrons. The first-order valence-electron chi connectivity index (χ1n) is 6.74. The fraction of sp³-hybridized carbons (Fsp3) is 0.250. The molecule has 0 amide bonds. The maximum atomic E-state index is 13.6. The Labute approximate surface area is 128 Å². The fourth-order valence-electron chi connectivity index (χ4n) is 1.82. The first-order chi connectivity index (χ1) is 10.2. The van der Waals surface area contributed by atoms with Crippen molar-refractivity contribution in [3.05, 3.63) is 53.3 Å². The van der Waals surface area contributed by atoms with E-state index in [0.29, 0.717) is 42.0 Å². The molecule has 0 fully saturated rings. The molecule has 1 N–H and O–H groups in total. The molecule has 0 aliphatic rings. The zero-order chi connectivity index (χ0) is 15.1. The number of benzene rings is 2. The molecule has 0 aliphatic carbocycles. The van der Waals surface area contributed by atoms with Crippen LogP contribution in [0.4, 0.5) is 10.1 Å². The van der Waals surface area contributed by atoms with Crippen LogP contribution in [0.15, 0.2) is 42.5 Å². The Morgan fingerprint density at radius 1 is 1.10 bits per heavy atom. The predicted molar refractivity (Wildman–Crippen MR) is 83.0 cm³/mol. The second-order valence-corrected chi connectivity index (χ2v) is 4.72. The minimum atomic E-state index is -0.378. The van der Waals surface area contributed by atoms with Crippen molar-refractivity contribution in [3.63, 3.8) is 0 Å². The fourth-order valence-corrected chi connectivity index (χ4v) is 1.98. The molecule has 2 aromatic rings. The molecule has 0 bridgehead atoms. The van der Waals surface area contributed by atoms with E-state index in [1.54, 1.807) is 12.1 Å². The molecule has 3 nitrogen and oxygen atoms in total. The molecule has 0 saturated heterocycles. The van der Waals surface area contributed by atoms with E-state index in [2.05, 4.69) is 5.32 Å². The molecule has 21 heavy (non-hydrogen) atoms. The molecule has 112 valence electrons. The normalized spacial score (nSPS) is 10.2. The summed E-state index contributed by atoms with van der Waals surface area (Å²) in [4.78, 5) is 0. The van der Waals surface area contributed by atoms with Crippen LogP contribution in [0.3, 0.4) is 0 Å². The van der Waals surface area contributed by atoms with Gasteiger partial charge in [0.2, 0.25) is 0 Å². The van der Waals surface area contributed by atoms with Crippen molar-refractivity contribution in [1.82, 2.24) is 0 Å². The summed E-state index contributed by atoms with van der Waals surface area (Å²) >= 11 is 5.70. The van der Waals surface area contributed by atoms with E-state index in [-0.39, 0.29) is 5.82 Å². The van der Waals surface area contributed by atoms with Gasteiger partial charge in [0.05, 0.1) is 12.3 Å². The van der Waals surface area contributed by atoms with E-state index < -0.39 is 0 Å². The molecular formula is C16H17ClFNO2. The summed E-state index contributed by atoms with van der Waals surface area (Å²) in [7, 11) is 0. The Hall–Kier alpha value is -1.94. The van der Waals surface area contributed by atoms with Gasteiger partial charge in [-0.1, -0.05) is 23.7 Å². The lowest BCUT2D eigenvalue weighted by molar-refractivity contribution is 0.284. The molecule has 0 unspecified atom stereocenters. The SMILES string of the molecule is CCOc1ccccc1OCCNc1ccc(Cl)cc1F. The zero-order valence-corrected chi connectivity index (χ0v) is 12.5. The minimum absolute atomic E-state index is 0.375. The monoisotopic (exact) mass is 309 g/mol. The number of ether oxygens (including phenoxy) is 2. The lowest BCUT2D eigenvalue weighted by atomic mass is 10.3. The summed E-state index contributed by atoms with van der Waals surface area (Å²) in [6, 6.07) is 12.0. The van der Waals surface area contributed by atoms with E-state index in [0.717, 1.165) is 0 Å². The van der Waals surface area contributed by atoms with E-state index in [1.165, 1.54) is 6.07 Å². The molecule has 2 aromatic carbocycles. The van der Waals surface area contributed by atoms with Gasteiger partial charge in [0.15, 0.2) is 11.5 Å². The van der Waals surface area contributed by atoms with Gasteiger partial charge in [-0.2, -0.15) is 0 Å². The summed E-state index contributed by atoms with van der Waals surface area (Å²) in [6.07, 6.45) is 0. The van der Waals surface area contributed by atoms with Crippen molar-refractivity contribution in [2.24, 2.45) is 0 Å². The standard InChI is InChI=1S/C16H17ClFNO2/c1-2-20-15-5-3-4-6-16(15)21-10-9-19-14-8-7-12(17)11-13(14)18/h3-8,11,19H,2,9-10H2,1H3. The van der Waals surface area contributed by atoms with Crippen molar-refractivity contribution in [2.45, 2.75) is 6.92 Å². The Morgan fingerprint density at radius 2 is 1.81 bits per heavy atom. The molecule has 0 spiro atoms. The van der Waals surface area contributed by atoms with E-state index in [9.17, 15) is 4.39 Å². The summed E-state index contributed by atoms with van der Waals surface area (Å²) < 4.78 is 24.7. The third-order valence-corrected chi connectivity index (χ3v) is 2.99. The zero-order valence-electron chi connectivity index (χ0n) is 11.7. The highest BCUT2D eigenvalue weighted by molar-refractivity contribution is 6.30. The summed E-state index contributed by atoms with van der Waals surface area (Å²) in [5.74, 6) is 1.01. The second kappa shape index (κ2) is 7.74. The van der Waals surface area contributed by atoms with E-state index >= 15 is 0 Å². The van der Waals surface area contributed by atoms with Crippen molar-refractivity contribution >= 4 is 17.3 Å². The average Bonchev–Trinajstić information content (AvgIpc) is 2.47. The number of hydrogen-bond donors (Lipinski definition) is 1. The average molecular weight is 310 g/mol. The second-order valence-electron chi connectivity index (χ2n) is 4.28. The molecule has 0 aliphatic heterocycles. The summed E-state index contributed by atoms with van der Waals surface area (Å²) in [5.41, 5.74) is 0.404. The largest absolute Gasteiger partial charge is 0.490 e. The van der Waals surface area contributed by atoms with Gasteiger partial charge in [0.25, 0.3) is 0 Å². The highest BCUT2D eigenvalue weighted by Gasteiger charge is 2.04. The Balaban J connectivity index is 1.84. The van der Waals surface area contributed by atoms with Gasteiger partial charge in [0.1, 0.15) is 12.4 Å². The van der Waals surface area contributed by atoms with Crippen LogP contribution in [0.2, 0.25) is 5.02 Å². The highest BCUT2D eigenvalue weighted by Crippen LogP contribution is 2.26. The number of hydrogen-bond acceptors (Lipinski definition) is 3. The lowest BCUT2D eigenvalue weighted by Gasteiger charge is -2.12. The number of anilines is 1. The molecule has 0 heterocycles. The van der Waals surface area contributed by atoms with Crippen LogP contribution in [0.5, 0.6) is 11.5 Å². The topological polar surface area (TPSA) is 30.5 Å². The van der Waals surface area contributed by atoms with Crippen molar-refractivity contribution in [1.29, 1.82) is 0 Å². The van der Waals surface area contributed by atoms with Gasteiger partial charge in [-0.3, -0.25) is 0 Å². The lowest BCUT2D eigenvalue weighted by Crippen LogP contribution is -2.12. The van der Waals surface area contributed by atoms with Crippen molar-refractivity contribution in [2.75, 3.05) is 25.1 Å². The maximum absolute atomic E-state index is 13.6. The van der Waals surface area contributed by atoms with Crippen LogP contribution >= 0.6 is 11.6 Å². The third-order valence-electron chi connectivity index (χ3n) is 2.76. The minimum Gasteiger partial charge on any atom is -0.490 e. The van der Waals surface area contributed by atoms with Crippen LogP contribution < -0.4 is 14.8 Å². The van der Waals surface area contributed by atoms with E-state index in [4.69, 9.17) is 21.1 Å². The predicted octanol–water partition coefficient (Wildman–Crippen LogP) is 4.37. The number of para-hydroxylation sites is 2. The van der Waals surface area contributed by atoms with E-state index in [1.807, 2.05) is 31.2 Å². The quantitative estimate of drug-likeness (QED) is 0.770.